The lowest BCUT2D eigenvalue weighted by atomic mass is 9.84. The molecule has 0 bridgehead atoms. The van der Waals surface area contributed by atoms with E-state index in [-0.39, 0.29) is 31.4 Å². The van der Waals surface area contributed by atoms with Crippen molar-refractivity contribution in [2.45, 2.75) is 31.0 Å². The van der Waals surface area contributed by atoms with Gasteiger partial charge in [0.2, 0.25) is 11.8 Å². The highest BCUT2D eigenvalue weighted by Crippen LogP contribution is 2.46. The zero-order valence-electron chi connectivity index (χ0n) is 21.4. The first-order valence-corrected chi connectivity index (χ1v) is 13.0. The summed E-state index contributed by atoms with van der Waals surface area (Å²) in [5.41, 5.74) is 1.25. The summed E-state index contributed by atoms with van der Waals surface area (Å²) in [5.74, 6) is 0.679. The second-order valence-electron chi connectivity index (χ2n) is 9.64. The molecule has 0 radical (unpaired) electrons. The monoisotopic (exact) mass is 519 g/mol. The number of aliphatic hydroxyl groups is 1. The van der Waals surface area contributed by atoms with Crippen molar-refractivity contribution in [3.63, 3.8) is 0 Å². The number of benzene rings is 2. The molecule has 3 aliphatic rings. The van der Waals surface area contributed by atoms with Gasteiger partial charge in [0.05, 0.1) is 19.8 Å². The summed E-state index contributed by atoms with van der Waals surface area (Å²) < 4.78 is 17.5. The minimum atomic E-state index is -1.27. The highest BCUT2D eigenvalue weighted by Gasteiger charge is 2.56. The Kier molecular flexibility index (Phi) is 7.76. The van der Waals surface area contributed by atoms with E-state index in [2.05, 4.69) is 6.58 Å². The zero-order valence-corrected chi connectivity index (χ0v) is 21.4. The number of aliphatic imine (C=N–C) groups is 1. The molecule has 2 aromatic rings. The van der Waals surface area contributed by atoms with Crippen LogP contribution in [0.4, 0.5) is 0 Å². The zero-order chi connectivity index (χ0) is 26.5. The molecule has 1 saturated heterocycles. The van der Waals surface area contributed by atoms with Gasteiger partial charge >= 0.3 is 0 Å². The van der Waals surface area contributed by atoms with Gasteiger partial charge in [0.1, 0.15) is 12.3 Å². The van der Waals surface area contributed by atoms with Gasteiger partial charge in [-0.25, -0.2) is 4.99 Å². The lowest BCUT2D eigenvalue weighted by molar-refractivity contribution is -0.147. The molecule has 2 atom stereocenters. The third kappa shape index (κ3) is 5.04. The molecule has 0 unspecified atom stereocenters. The van der Waals surface area contributed by atoms with E-state index >= 15 is 0 Å². The number of hydrogen-bond acceptors (Lipinski definition) is 7. The Balaban J connectivity index is 1.48. The lowest BCUT2D eigenvalue weighted by Crippen LogP contribution is -2.52. The van der Waals surface area contributed by atoms with Crippen LogP contribution in [0.15, 0.2) is 66.2 Å². The van der Waals surface area contributed by atoms with E-state index in [1.807, 2.05) is 48.5 Å². The maximum absolute atomic E-state index is 14.3. The van der Waals surface area contributed by atoms with Crippen LogP contribution in [0.25, 0.3) is 0 Å². The van der Waals surface area contributed by atoms with Crippen molar-refractivity contribution in [3.8, 4) is 5.75 Å². The molecule has 3 aliphatic heterocycles. The molecule has 2 amide bonds. The SMILES string of the molecule is C=CC[C@@]12N=C(c3ccc(OCCCO)cc3)O[C@@H]1c1ccccc1CN(CC(=O)N1CCOCC1)C2=O. The molecule has 0 aromatic heterocycles. The molecular formula is C29H33N3O6. The summed E-state index contributed by atoms with van der Waals surface area (Å²) in [6, 6.07) is 15.1. The summed E-state index contributed by atoms with van der Waals surface area (Å²) in [6.07, 6.45) is 1.85. The van der Waals surface area contributed by atoms with Crippen LogP contribution in [-0.4, -0.2) is 84.2 Å². The molecule has 1 fully saturated rings. The first-order chi connectivity index (χ1) is 18.6. The molecule has 38 heavy (non-hydrogen) atoms. The molecule has 5 rings (SSSR count). The van der Waals surface area contributed by atoms with E-state index in [0.29, 0.717) is 57.5 Å². The normalized spacial score (nSPS) is 22.6. The molecule has 3 heterocycles. The number of carbonyl (C=O) groups excluding carboxylic acids is 2. The summed E-state index contributed by atoms with van der Waals surface area (Å²) in [7, 11) is 0. The van der Waals surface area contributed by atoms with Crippen molar-refractivity contribution < 1.29 is 28.9 Å². The Labute approximate surface area is 222 Å². The molecule has 9 nitrogen and oxygen atoms in total. The quantitative estimate of drug-likeness (QED) is 0.404. The third-order valence-electron chi connectivity index (χ3n) is 7.14. The van der Waals surface area contributed by atoms with Crippen molar-refractivity contribution >= 4 is 17.7 Å². The standard InChI is InChI=1S/C29H33N3O6/c1-2-12-29-26(38-27(30-29)21-8-10-23(11-9-21)37-16-5-15-33)24-7-4-3-6-22(24)19-32(28(29)35)20-25(34)31-13-17-36-18-14-31/h2-4,6-11,26,33H,1,5,12-20H2/t26-,29-/m1/s1. The van der Waals surface area contributed by atoms with E-state index < -0.39 is 11.6 Å². The molecule has 0 aliphatic carbocycles. The lowest BCUT2D eigenvalue weighted by Gasteiger charge is -2.33. The van der Waals surface area contributed by atoms with Crippen LogP contribution in [0.5, 0.6) is 5.75 Å². The van der Waals surface area contributed by atoms with Crippen molar-refractivity contribution in [2.24, 2.45) is 4.99 Å². The van der Waals surface area contributed by atoms with Crippen LogP contribution in [0, 0.1) is 0 Å². The summed E-state index contributed by atoms with van der Waals surface area (Å²) >= 11 is 0. The third-order valence-corrected chi connectivity index (χ3v) is 7.14. The van der Waals surface area contributed by atoms with Gasteiger partial charge in [-0.15, -0.1) is 6.58 Å². The Morgan fingerprint density at radius 3 is 2.68 bits per heavy atom. The van der Waals surface area contributed by atoms with Gasteiger partial charge in [0, 0.05) is 50.2 Å². The first-order valence-electron chi connectivity index (χ1n) is 13.0. The van der Waals surface area contributed by atoms with Crippen LogP contribution in [0.2, 0.25) is 0 Å². The Hall–Kier alpha value is -3.69. The second-order valence-corrected chi connectivity index (χ2v) is 9.64. The molecule has 0 spiro atoms. The van der Waals surface area contributed by atoms with Gasteiger partial charge in [-0.1, -0.05) is 30.3 Å². The van der Waals surface area contributed by atoms with Crippen LogP contribution < -0.4 is 4.74 Å². The van der Waals surface area contributed by atoms with E-state index in [1.54, 1.807) is 15.9 Å². The van der Waals surface area contributed by atoms with Gasteiger partial charge in [0.25, 0.3) is 5.91 Å². The molecule has 2 aromatic carbocycles. The number of fused-ring (bicyclic) bond motifs is 3. The maximum Gasteiger partial charge on any atom is 0.255 e. The maximum atomic E-state index is 14.3. The smallest absolute Gasteiger partial charge is 0.255 e. The Bertz CT molecular complexity index is 1210. The van der Waals surface area contributed by atoms with Gasteiger partial charge in [-0.2, -0.15) is 0 Å². The van der Waals surface area contributed by atoms with Gasteiger partial charge < -0.3 is 29.1 Å². The number of ether oxygens (including phenoxy) is 3. The van der Waals surface area contributed by atoms with Crippen molar-refractivity contribution in [3.05, 3.63) is 77.9 Å². The largest absolute Gasteiger partial charge is 0.494 e. The Morgan fingerprint density at radius 2 is 1.95 bits per heavy atom. The second kappa shape index (κ2) is 11.4. The average molecular weight is 520 g/mol. The van der Waals surface area contributed by atoms with Gasteiger partial charge in [0.15, 0.2) is 11.6 Å². The predicted molar refractivity (Wildman–Crippen MR) is 141 cm³/mol. The average Bonchev–Trinajstić information content (AvgIpc) is 3.30. The highest BCUT2D eigenvalue weighted by molar-refractivity contribution is 6.02. The van der Waals surface area contributed by atoms with Crippen molar-refractivity contribution in [1.29, 1.82) is 0 Å². The molecule has 9 heteroatoms. The Morgan fingerprint density at radius 1 is 1.18 bits per heavy atom. The fraction of sp³-hybridized carbons (Fsp3) is 0.414. The van der Waals surface area contributed by atoms with E-state index in [0.717, 1.165) is 16.7 Å². The summed E-state index contributed by atoms with van der Waals surface area (Å²) in [6.45, 7) is 6.70. The predicted octanol–water partition coefficient (Wildman–Crippen LogP) is 2.48. The van der Waals surface area contributed by atoms with Gasteiger partial charge in [-0.3, -0.25) is 9.59 Å². The fourth-order valence-electron chi connectivity index (χ4n) is 5.19. The van der Waals surface area contributed by atoms with E-state index in [4.69, 9.17) is 24.3 Å². The van der Waals surface area contributed by atoms with Crippen molar-refractivity contribution in [2.75, 3.05) is 46.1 Å². The van der Waals surface area contributed by atoms with Crippen LogP contribution in [0.3, 0.4) is 0 Å². The molecule has 200 valence electrons. The number of aliphatic hydroxyl groups excluding tert-OH is 1. The highest BCUT2D eigenvalue weighted by atomic mass is 16.5. The number of morpholine rings is 1. The van der Waals surface area contributed by atoms with Gasteiger partial charge in [-0.05, 0) is 29.8 Å². The molecule has 1 N–H and O–H groups in total. The van der Waals surface area contributed by atoms with Crippen LogP contribution >= 0.6 is 0 Å². The summed E-state index contributed by atoms with van der Waals surface area (Å²) in [4.78, 5) is 35.7. The van der Waals surface area contributed by atoms with E-state index in [9.17, 15) is 9.59 Å². The van der Waals surface area contributed by atoms with Crippen LogP contribution in [0.1, 0.15) is 35.6 Å². The van der Waals surface area contributed by atoms with Crippen LogP contribution in [-0.2, 0) is 25.6 Å². The number of amides is 2. The minimum absolute atomic E-state index is 0.0382. The summed E-state index contributed by atoms with van der Waals surface area (Å²) in [5, 5.41) is 8.97. The topological polar surface area (TPSA) is 101 Å². The van der Waals surface area contributed by atoms with Crippen molar-refractivity contribution in [1.82, 2.24) is 9.80 Å². The first kappa shape index (κ1) is 25.9. The fourth-order valence-corrected chi connectivity index (χ4v) is 5.19. The number of rotatable bonds is 9. The minimum Gasteiger partial charge on any atom is -0.494 e. The number of hydrogen-bond donors (Lipinski definition) is 1. The molecule has 0 saturated carbocycles. The number of nitrogens with zero attached hydrogens (tertiary/aromatic N) is 3. The number of carbonyl (C=O) groups is 2. The van der Waals surface area contributed by atoms with E-state index in [1.165, 1.54) is 0 Å². The molecular weight excluding hydrogens is 486 g/mol.